The molecule has 0 radical (unpaired) electrons. The summed E-state index contributed by atoms with van der Waals surface area (Å²) in [6.07, 6.45) is 3.60. The van der Waals surface area contributed by atoms with Crippen LogP contribution in [0.4, 0.5) is 11.5 Å². The monoisotopic (exact) mass is 218 g/mol. The van der Waals surface area contributed by atoms with Crippen LogP contribution in [0.15, 0.2) is 12.3 Å². The molecule has 5 heteroatoms. The molecular weight excluding hydrogens is 204 g/mol. The zero-order valence-corrected chi connectivity index (χ0v) is 8.90. The van der Waals surface area contributed by atoms with Gasteiger partial charge in [0.2, 0.25) is 0 Å². The van der Waals surface area contributed by atoms with E-state index in [4.69, 9.17) is 16.1 Å². The number of nitrogens with one attached hydrogen (secondary N) is 1. The lowest BCUT2D eigenvalue weighted by molar-refractivity contribution is 0.219. The van der Waals surface area contributed by atoms with Gasteiger partial charge in [0.1, 0.15) is 6.07 Å². The lowest BCUT2D eigenvalue weighted by Crippen LogP contribution is -2.20. The summed E-state index contributed by atoms with van der Waals surface area (Å²) in [5.41, 5.74) is 6.57. The van der Waals surface area contributed by atoms with Gasteiger partial charge in [0.05, 0.1) is 17.9 Å². The lowest BCUT2D eigenvalue weighted by Gasteiger charge is -2.14. The summed E-state index contributed by atoms with van der Waals surface area (Å²) in [6.45, 7) is 0.827. The molecule has 1 aromatic rings. The highest BCUT2D eigenvalue weighted by molar-refractivity contribution is 5.68. The molecule has 0 saturated heterocycles. The van der Waals surface area contributed by atoms with Crippen LogP contribution < -0.4 is 11.1 Å². The van der Waals surface area contributed by atoms with Crippen molar-refractivity contribution in [1.29, 1.82) is 5.26 Å². The Morgan fingerprint density at radius 2 is 2.38 bits per heavy atom. The minimum atomic E-state index is -0.00321. The molecule has 5 nitrogen and oxygen atoms in total. The van der Waals surface area contributed by atoms with Crippen LogP contribution in [0.5, 0.6) is 0 Å². The molecule has 0 bridgehead atoms. The number of nitrogen functional groups attached to an aromatic ring is 1. The molecule has 0 aliphatic heterocycles. The van der Waals surface area contributed by atoms with E-state index in [-0.39, 0.29) is 12.0 Å². The van der Waals surface area contributed by atoms with E-state index in [1.165, 1.54) is 0 Å². The second-order valence-corrected chi connectivity index (χ2v) is 4.24. The molecule has 0 aromatic carbocycles. The van der Waals surface area contributed by atoms with Crippen molar-refractivity contribution in [1.82, 2.24) is 4.98 Å². The van der Waals surface area contributed by atoms with E-state index in [0.29, 0.717) is 23.6 Å². The molecule has 1 aliphatic carbocycles. The first-order valence-electron chi connectivity index (χ1n) is 5.20. The summed E-state index contributed by atoms with van der Waals surface area (Å²) in [7, 11) is 0. The van der Waals surface area contributed by atoms with Gasteiger partial charge in [-0.3, -0.25) is 0 Å². The summed E-state index contributed by atoms with van der Waals surface area (Å²) in [6, 6.07) is 3.59. The Morgan fingerprint density at radius 3 is 2.94 bits per heavy atom. The van der Waals surface area contributed by atoms with E-state index in [1.54, 1.807) is 12.3 Å². The first kappa shape index (κ1) is 10.7. The Bertz CT molecular complexity index is 434. The standard InChI is InChI=1S/C11H14N4O/c12-5-8-1-4-14-10(9(8)13)15-6-11(7-16)2-3-11/h1,4,16H,2-3,6-7,13H2,(H,14,15). The summed E-state index contributed by atoms with van der Waals surface area (Å²) in [4.78, 5) is 4.08. The van der Waals surface area contributed by atoms with Crippen LogP contribution in [0.3, 0.4) is 0 Å². The Hall–Kier alpha value is -1.80. The second-order valence-electron chi connectivity index (χ2n) is 4.24. The van der Waals surface area contributed by atoms with Gasteiger partial charge in [-0.05, 0) is 18.9 Å². The number of nitriles is 1. The number of nitrogens with zero attached hydrogens (tertiary/aromatic N) is 2. The predicted octanol–water partition coefficient (Wildman–Crippen LogP) is 0.720. The van der Waals surface area contributed by atoms with Gasteiger partial charge in [-0.25, -0.2) is 4.98 Å². The molecule has 1 aromatic heterocycles. The molecule has 4 N–H and O–H groups in total. The molecule has 1 heterocycles. The van der Waals surface area contributed by atoms with Gasteiger partial charge < -0.3 is 16.2 Å². The third-order valence-electron chi connectivity index (χ3n) is 3.03. The van der Waals surface area contributed by atoms with Crippen LogP contribution in [0.2, 0.25) is 0 Å². The minimum Gasteiger partial charge on any atom is -0.396 e. The number of aliphatic hydroxyl groups excluding tert-OH is 1. The van der Waals surface area contributed by atoms with Gasteiger partial charge in [-0.1, -0.05) is 0 Å². The fourth-order valence-electron chi connectivity index (χ4n) is 1.55. The highest BCUT2D eigenvalue weighted by Gasteiger charge is 2.41. The Morgan fingerprint density at radius 1 is 1.62 bits per heavy atom. The third kappa shape index (κ3) is 1.92. The number of nitrogens with two attached hydrogens (primary N) is 1. The predicted molar refractivity (Wildman–Crippen MR) is 60.6 cm³/mol. The number of rotatable bonds is 4. The highest BCUT2D eigenvalue weighted by Crippen LogP contribution is 2.45. The van der Waals surface area contributed by atoms with Crippen molar-refractivity contribution in [3.63, 3.8) is 0 Å². The van der Waals surface area contributed by atoms with Gasteiger partial charge in [0, 0.05) is 18.2 Å². The summed E-state index contributed by atoms with van der Waals surface area (Å²) in [5, 5.41) is 21.1. The number of aromatic nitrogens is 1. The molecule has 2 rings (SSSR count). The van der Waals surface area contributed by atoms with Crippen LogP contribution >= 0.6 is 0 Å². The molecule has 0 atom stereocenters. The summed E-state index contributed by atoms with van der Waals surface area (Å²) < 4.78 is 0. The maximum Gasteiger partial charge on any atom is 0.150 e. The Labute approximate surface area is 93.9 Å². The largest absolute Gasteiger partial charge is 0.396 e. The van der Waals surface area contributed by atoms with Crippen LogP contribution in [-0.4, -0.2) is 23.2 Å². The zero-order valence-electron chi connectivity index (χ0n) is 8.90. The first-order chi connectivity index (χ1) is 7.71. The summed E-state index contributed by atoms with van der Waals surface area (Å²) in [5.74, 6) is 0.527. The van der Waals surface area contributed by atoms with E-state index in [0.717, 1.165) is 12.8 Å². The SMILES string of the molecule is N#Cc1ccnc(NCC2(CO)CC2)c1N. The quantitative estimate of drug-likeness (QED) is 0.692. The van der Waals surface area contributed by atoms with Crippen molar-refractivity contribution in [2.24, 2.45) is 5.41 Å². The van der Waals surface area contributed by atoms with E-state index >= 15 is 0 Å². The van der Waals surface area contributed by atoms with Crippen LogP contribution in [0.1, 0.15) is 18.4 Å². The van der Waals surface area contributed by atoms with Crippen molar-refractivity contribution in [3.8, 4) is 6.07 Å². The average Bonchev–Trinajstić information content (AvgIpc) is 3.08. The molecule has 0 amide bonds. The summed E-state index contributed by atoms with van der Waals surface area (Å²) >= 11 is 0. The molecule has 1 fully saturated rings. The number of aliphatic hydroxyl groups is 1. The average molecular weight is 218 g/mol. The van der Waals surface area contributed by atoms with Gasteiger partial charge in [0.25, 0.3) is 0 Å². The topological polar surface area (TPSA) is 95.0 Å². The molecule has 16 heavy (non-hydrogen) atoms. The van der Waals surface area contributed by atoms with Gasteiger partial charge in [0.15, 0.2) is 5.82 Å². The van der Waals surface area contributed by atoms with Gasteiger partial charge >= 0.3 is 0 Å². The zero-order chi connectivity index (χ0) is 11.6. The fraction of sp³-hybridized carbons (Fsp3) is 0.455. The molecule has 0 unspecified atom stereocenters. The molecule has 1 saturated carbocycles. The maximum absolute atomic E-state index is 9.16. The van der Waals surface area contributed by atoms with Crippen molar-refractivity contribution in [2.75, 3.05) is 24.2 Å². The Balaban J connectivity index is 2.08. The van der Waals surface area contributed by atoms with Crippen molar-refractivity contribution in [2.45, 2.75) is 12.8 Å². The molecule has 1 aliphatic rings. The maximum atomic E-state index is 9.16. The van der Waals surface area contributed by atoms with Crippen LogP contribution in [0, 0.1) is 16.7 Å². The van der Waals surface area contributed by atoms with Crippen molar-refractivity contribution >= 4 is 11.5 Å². The van der Waals surface area contributed by atoms with E-state index in [9.17, 15) is 0 Å². The van der Waals surface area contributed by atoms with Crippen molar-refractivity contribution < 1.29 is 5.11 Å². The minimum absolute atomic E-state index is 0.00321. The number of pyridine rings is 1. The number of hydrogen-bond donors (Lipinski definition) is 3. The molecule has 84 valence electrons. The van der Waals surface area contributed by atoms with Crippen LogP contribution in [-0.2, 0) is 0 Å². The second kappa shape index (κ2) is 3.99. The number of anilines is 2. The third-order valence-corrected chi connectivity index (χ3v) is 3.03. The highest BCUT2D eigenvalue weighted by atomic mass is 16.3. The van der Waals surface area contributed by atoms with E-state index in [1.807, 2.05) is 6.07 Å². The van der Waals surface area contributed by atoms with Crippen LogP contribution in [0.25, 0.3) is 0 Å². The van der Waals surface area contributed by atoms with Gasteiger partial charge in [-0.15, -0.1) is 0 Å². The van der Waals surface area contributed by atoms with Gasteiger partial charge in [-0.2, -0.15) is 5.26 Å². The Kier molecular flexibility index (Phi) is 2.67. The normalized spacial score (nSPS) is 16.5. The number of hydrogen-bond acceptors (Lipinski definition) is 5. The smallest absolute Gasteiger partial charge is 0.150 e. The molecular formula is C11H14N4O. The van der Waals surface area contributed by atoms with E-state index < -0.39 is 0 Å². The molecule has 0 spiro atoms. The fourth-order valence-corrected chi connectivity index (χ4v) is 1.55. The first-order valence-corrected chi connectivity index (χ1v) is 5.20. The lowest BCUT2D eigenvalue weighted by atomic mass is 10.1. The van der Waals surface area contributed by atoms with E-state index in [2.05, 4.69) is 10.3 Å². The van der Waals surface area contributed by atoms with Crippen molar-refractivity contribution in [3.05, 3.63) is 17.8 Å².